The van der Waals surface area contributed by atoms with Gasteiger partial charge in [-0.05, 0) is 42.5 Å². The maximum absolute atomic E-state index is 13.1. The van der Waals surface area contributed by atoms with Crippen LogP contribution in [-0.2, 0) is 0 Å². The van der Waals surface area contributed by atoms with E-state index in [1.807, 2.05) is 24.3 Å². The fraction of sp³-hybridized carbons (Fsp3) is 0.0500. The fourth-order valence-electron chi connectivity index (χ4n) is 2.50. The molecule has 1 amide bonds. The van der Waals surface area contributed by atoms with Crippen molar-refractivity contribution in [2.45, 2.75) is 0 Å². The molecule has 0 spiro atoms. The number of methoxy groups -OCH3 is 1. The molecule has 2 aromatic carbocycles. The summed E-state index contributed by atoms with van der Waals surface area (Å²) in [5.74, 6) is 0.829. The molecule has 0 fully saturated rings. The number of benzene rings is 2. The lowest BCUT2D eigenvalue weighted by Crippen LogP contribution is -2.25. The second-order valence-electron chi connectivity index (χ2n) is 5.57. The minimum Gasteiger partial charge on any atom is -0.497 e. The van der Waals surface area contributed by atoms with Crippen molar-refractivity contribution in [1.29, 1.82) is 0 Å². The summed E-state index contributed by atoms with van der Waals surface area (Å²) in [5, 5.41) is 6.09. The standard InChI is InChI=1S/C20H15N3O3S/c1-25-15-7-4-6-14(12-15)19(24)23(21-13-16-8-5-11-26-16)20-22-17-9-2-3-10-18(17)27-20/h2-13H,1H3/b21-13-. The molecule has 2 heterocycles. The number of ether oxygens (including phenoxy) is 1. The number of thiazole rings is 1. The second-order valence-corrected chi connectivity index (χ2v) is 6.58. The van der Waals surface area contributed by atoms with Crippen molar-refractivity contribution in [2.75, 3.05) is 12.1 Å². The molecule has 0 N–H and O–H groups in total. The van der Waals surface area contributed by atoms with Gasteiger partial charge >= 0.3 is 0 Å². The minimum absolute atomic E-state index is 0.309. The topological polar surface area (TPSA) is 67.9 Å². The monoisotopic (exact) mass is 377 g/mol. The average Bonchev–Trinajstić information content (AvgIpc) is 3.37. The molecule has 0 bridgehead atoms. The molecule has 2 aromatic heterocycles. The number of aromatic nitrogens is 1. The average molecular weight is 377 g/mol. The number of carbonyl (C=O) groups excluding carboxylic acids is 1. The largest absolute Gasteiger partial charge is 0.497 e. The lowest BCUT2D eigenvalue weighted by molar-refractivity contribution is 0.0987. The van der Waals surface area contributed by atoms with Crippen molar-refractivity contribution in [2.24, 2.45) is 5.10 Å². The van der Waals surface area contributed by atoms with Gasteiger partial charge in [0.25, 0.3) is 5.91 Å². The molecule has 0 aliphatic heterocycles. The van der Waals surface area contributed by atoms with Gasteiger partial charge in [-0.3, -0.25) is 4.79 Å². The minimum atomic E-state index is -0.309. The molecule has 27 heavy (non-hydrogen) atoms. The van der Waals surface area contributed by atoms with Crippen LogP contribution in [-0.4, -0.2) is 24.2 Å². The van der Waals surface area contributed by atoms with Crippen LogP contribution in [0.1, 0.15) is 16.1 Å². The van der Waals surface area contributed by atoms with Gasteiger partial charge in [0.05, 0.1) is 29.8 Å². The third-order valence-electron chi connectivity index (χ3n) is 3.82. The molecule has 7 heteroatoms. The molecule has 134 valence electrons. The van der Waals surface area contributed by atoms with Crippen LogP contribution < -0.4 is 9.75 Å². The highest BCUT2D eigenvalue weighted by atomic mass is 32.1. The first-order chi connectivity index (χ1) is 13.2. The van der Waals surface area contributed by atoms with E-state index in [0.29, 0.717) is 22.2 Å². The van der Waals surface area contributed by atoms with Gasteiger partial charge < -0.3 is 9.15 Å². The number of carbonyl (C=O) groups is 1. The van der Waals surface area contributed by atoms with Crippen molar-refractivity contribution in [3.63, 3.8) is 0 Å². The molecule has 6 nitrogen and oxygen atoms in total. The van der Waals surface area contributed by atoms with E-state index in [9.17, 15) is 4.79 Å². The highest BCUT2D eigenvalue weighted by molar-refractivity contribution is 7.22. The zero-order chi connectivity index (χ0) is 18.6. The predicted octanol–water partition coefficient (Wildman–Crippen LogP) is 4.58. The SMILES string of the molecule is COc1cccc(C(=O)N(/N=C\c2ccco2)c2nc3ccccc3s2)c1. The summed E-state index contributed by atoms with van der Waals surface area (Å²) in [4.78, 5) is 17.7. The predicted molar refractivity (Wildman–Crippen MR) is 106 cm³/mol. The highest BCUT2D eigenvalue weighted by Crippen LogP contribution is 2.30. The van der Waals surface area contributed by atoms with E-state index in [2.05, 4.69) is 10.1 Å². The van der Waals surface area contributed by atoms with Crippen LogP contribution in [0.25, 0.3) is 10.2 Å². The first-order valence-corrected chi connectivity index (χ1v) is 8.98. The van der Waals surface area contributed by atoms with Gasteiger partial charge in [0, 0.05) is 5.56 Å². The number of para-hydroxylation sites is 1. The van der Waals surface area contributed by atoms with E-state index < -0.39 is 0 Å². The third kappa shape index (κ3) is 3.58. The summed E-state index contributed by atoms with van der Waals surface area (Å²) >= 11 is 1.39. The van der Waals surface area contributed by atoms with Crippen molar-refractivity contribution in [3.8, 4) is 5.75 Å². The first kappa shape index (κ1) is 17.0. The second kappa shape index (κ2) is 7.43. The van der Waals surface area contributed by atoms with E-state index in [1.165, 1.54) is 22.6 Å². The number of hydrazone groups is 1. The van der Waals surface area contributed by atoms with Crippen molar-refractivity contribution >= 4 is 38.8 Å². The summed E-state index contributed by atoms with van der Waals surface area (Å²) in [5.41, 5.74) is 1.26. The Kier molecular flexibility index (Phi) is 4.67. The number of anilines is 1. The van der Waals surface area contributed by atoms with Crippen LogP contribution in [0.5, 0.6) is 5.75 Å². The summed E-state index contributed by atoms with van der Waals surface area (Å²) in [7, 11) is 1.56. The Balaban J connectivity index is 1.75. The normalized spacial score (nSPS) is 11.1. The van der Waals surface area contributed by atoms with Crippen molar-refractivity contribution < 1.29 is 13.9 Å². The summed E-state index contributed by atoms with van der Waals surface area (Å²) in [6, 6.07) is 18.2. The van der Waals surface area contributed by atoms with E-state index in [-0.39, 0.29) is 5.91 Å². The van der Waals surface area contributed by atoms with E-state index in [4.69, 9.17) is 9.15 Å². The molecule has 0 atom stereocenters. The molecular weight excluding hydrogens is 362 g/mol. The maximum atomic E-state index is 13.1. The molecule has 0 saturated heterocycles. The van der Waals surface area contributed by atoms with Gasteiger partial charge in [0.15, 0.2) is 0 Å². The Morgan fingerprint density at radius 2 is 2.07 bits per heavy atom. The Bertz CT molecular complexity index is 1070. The number of nitrogens with zero attached hydrogens (tertiary/aromatic N) is 3. The summed E-state index contributed by atoms with van der Waals surface area (Å²) in [6.07, 6.45) is 3.04. The van der Waals surface area contributed by atoms with Gasteiger partial charge in [0.1, 0.15) is 11.5 Å². The Morgan fingerprint density at radius 3 is 2.85 bits per heavy atom. The summed E-state index contributed by atoms with van der Waals surface area (Å²) in [6.45, 7) is 0. The zero-order valence-corrected chi connectivity index (χ0v) is 15.2. The number of hydrogen-bond donors (Lipinski definition) is 0. The van der Waals surface area contributed by atoms with Gasteiger partial charge in [-0.1, -0.05) is 29.5 Å². The van der Waals surface area contributed by atoms with E-state index >= 15 is 0 Å². The number of furan rings is 1. The highest BCUT2D eigenvalue weighted by Gasteiger charge is 2.21. The van der Waals surface area contributed by atoms with Crippen LogP contribution >= 0.6 is 11.3 Å². The maximum Gasteiger partial charge on any atom is 0.280 e. The van der Waals surface area contributed by atoms with Crippen LogP contribution in [0.4, 0.5) is 5.13 Å². The lowest BCUT2D eigenvalue weighted by Gasteiger charge is -2.14. The van der Waals surface area contributed by atoms with E-state index in [0.717, 1.165) is 10.2 Å². The molecule has 4 rings (SSSR count). The Morgan fingerprint density at radius 1 is 1.19 bits per heavy atom. The van der Waals surface area contributed by atoms with Gasteiger partial charge in [-0.15, -0.1) is 0 Å². The molecule has 0 unspecified atom stereocenters. The Labute approximate surface area is 159 Å². The first-order valence-electron chi connectivity index (χ1n) is 8.16. The van der Waals surface area contributed by atoms with Crippen LogP contribution in [0, 0.1) is 0 Å². The Hall–Kier alpha value is -3.45. The number of hydrogen-bond acceptors (Lipinski definition) is 6. The van der Waals surface area contributed by atoms with Crippen LogP contribution in [0.2, 0.25) is 0 Å². The lowest BCUT2D eigenvalue weighted by atomic mass is 10.2. The smallest absolute Gasteiger partial charge is 0.280 e. The number of rotatable bonds is 5. The van der Waals surface area contributed by atoms with Crippen LogP contribution in [0.15, 0.2) is 76.4 Å². The van der Waals surface area contributed by atoms with Gasteiger partial charge in [-0.2, -0.15) is 10.1 Å². The quantitative estimate of drug-likeness (QED) is 0.377. The fourth-order valence-corrected chi connectivity index (χ4v) is 3.42. The van der Waals surface area contributed by atoms with Crippen molar-refractivity contribution in [1.82, 2.24) is 4.98 Å². The molecule has 0 saturated carbocycles. The van der Waals surface area contributed by atoms with Gasteiger partial charge in [-0.25, -0.2) is 4.98 Å². The third-order valence-corrected chi connectivity index (χ3v) is 4.83. The number of fused-ring (bicyclic) bond motifs is 1. The molecular formula is C20H15N3O3S. The molecule has 4 aromatic rings. The van der Waals surface area contributed by atoms with Crippen LogP contribution in [0.3, 0.4) is 0 Å². The zero-order valence-electron chi connectivity index (χ0n) is 14.4. The van der Waals surface area contributed by atoms with Gasteiger partial charge in [0.2, 0.25) is 5.13 Å². The van der Waals surface area contributed by atoms with E-state index in [1.54, 1.807) is 49.8 Å². The summed E-state index contributed by atoms with van der Waals surface area (Å²) < 4.78 is 11.5. The molecule has 0 aliphatic carbocycles. The molecule has 0 aliphatic rings. The number of amides is 1. The van der Waals surface area contributed by atoms with Crippen molar-refractivity contribution in [3.05, 3.63) is 78.3 Å². The molecule has 0 radical (unpaired) electrons.